The molecular formula is C10H13N5S. The first-order chi connectivity index (χ1) is 7.79. The van der Waals surface area contributed by atoms with Gasteiger partial charge < -0.3 is 10.7 Å². The third-order valence-corrected chi connectivity index (χ3v) is 3.15. The van der Waals surface area contributed by atoms with E-state index in [-0.39, 0.29) is 0 Å². The lowest BCUT2D eigenvalue weighted by molar-refractivity contribution is 1.07. The van der Waals surface area contributed by atoms with Crippen LogP contribution < -0.4 is 16.6 Å². The fraction of sp³-hybridized carbons (Fsp3) is 0.200. The van der Waals surface area contributed by atoms with Crippen molar-refractivity contribution in [1.29, 1.82) is 0 Å². The van der Waals surface area contributed by atoms with Gasteiger partial charge in [-0.25, -0.2) is 15.8 Å². The van der Waals surface area contributed by atoms with Gasteiger partial charge in [0.05, 0.1) is 0 Å². The molecule has 0 aliphatic carbocycles. The Morgan fingerprint density at radius 3 is 2.81 bits per heavy atom. The molecular weight excluding hydrogens is 222 g/mol. The van der Waals surface area contributed by atoms with E-state index in [1.807, 2.05) is 0 Å². The Labute approximate surface area is 97.7 Å². The van der Waals surface area contributed by atoms with E-state index in [1.54, 1.807) is 17.4 Å². The van der Waals surface area contributed by atoms with Crippen LogP contribution in [0.5, 0.6) is 0 Å². The molecule has 0 radical (unpaired) electrons. The molecule has 2 aromatic rings. The van der Waals surface area contributed by atoms with Crippen LogP contribution in [0.25, 0.3) is 0 Å². The van der Waals surface area contributed by atoms with Crippen molar-refractivity contribution in [2.45, 2.75) is 13.5 Å². The van der Waals surface area contributed by atoms with Crippen LogP contribution in [0.15, 0.2) is 23.2 Å². The number of nitrogens with zero attached hydrogens (tertiary/aromatic N) is 2. The first kappa shape index (κ1) is 10.8. The van der Waals surface area contributed by atoms with Gasteiger partial charge in [0.25, 0.3) is 0 Å². The van der Waals surface area contributed by atoms with Crippen molar-refractivity contribution < 1.29 is 0 Å². The molecule has 0 fully saturated rings. The number of aryl methyl sites for hydroxylation is 1. The van der Waals surface area contributed by atoms with Crippen LogP contribution in [-0.4, -0.2) is 9.97 Å². The number of rotatable bonds is 4. The molecule has 0 spiro atoms. The fourth-order valence-electron chi connectivity index (χ4n) is 1.29. The lowest BCUT2D eigenvalue weighted by atomic mass is 10.2. The van der Waals surface area contributed by atoms with E-state index in [0.29, 0.717) is 5.82 Å². The Bertz CT molecular complexity index is 468. The van der Waals surface area contributed by atoms with Crippen molar-refractivity contribution in [2.24, 2.45) is 5.84 Å². The van der Waals surface area contributed by atoms with Gasteiger partial charge in [-0.15, -0.1) is 0 Å². The predicted molar refractivity (Wildman–Crippen MR) is 66.2 cm³/mol. The summed E-state index contributed by atoms with van der Waals surface area (Å²) in [5.74, 6) is 6.62. The van der Waals surface area contributed by atoms with E-state index >= 15 is 0 Å². The van der Waals surface area contributed by atoms with Crippen molar-refractivity contribution in [3.63, 3.8) is 0 Å². The van der Waals surface area contributed by atoms with Crippen molar-refractivity contribution in [1.82, 2.24) is 9.97 Å². The van der Waals surface area contributed by atoms with Crippen molar-refractivity contribution in [3.8, 4) is 0 Å². The van der Waals surface area contributed by atoms with E-state index in [2.05, 4.69) is 38.4 Å². The minimum absolute atomic E-state index is 0.597. The molecule has 0 amide bonds. The van der Waals surface area contributed by atoms with E-state index in [0.717, 1.165) is 12.4 Å². The Morgan fingerprint density at radius 2 is 2.12 bits per heavy atom. The summed E-state index contributed by atoms with van der Waals surface area (Å²) in [6.07, 6.45) is 1.47. The van der Waals surface area contributed by atoms with Gasteiger partial charge in [0.1, 0.15) is 18.0 Å². The van der Waals surface area contributed by atoms with Crippen molar-refractivity contribution in [3.05, 3.63) is 34.3 Å². The monoisotopic (exact) mass is 235 g/mol. The number of thiophene rings is 1. The van der Waals surface area contributed by atoms with Gasteiger partial charge in [-0.1, -0.05) is 0 Å². The molecule has 0 saturated carbocycles. The van der Waals surface area contributed by atoms with E-state index < -0.39 is 0 Å². The topological polar surface area (TPSA) is 75.9 Å². The van der Waals surface area contributed by atoms with Crippen LogP contribution in [-0.2, 0) is 6.54 Å². The highest BCUT2D eigenvalue weighted by atomic mass is 32.1. The zero-order valence-electron chi connectivity index (χ0n) is 8.90. The second-order valence-corrected chi connectivity index (χ2v) is 4.11. The summed E-state index contributed by atoms with van der Waals surface area (Å²) in [4.78, 5) is 8.04. The number of hydrogen-bond donors (Lipinski definition) is 3. The summed E-state index contributed by atoms with van der Waals surface area (Å²) in [6, 6.07) is 1.77. The second kappa shape index (κ2) is 4.91. The SMILES string of the molecule is Cc1cscc1CNc1cc(NN)ncn1. The summed E-state index contributed by atoms with van der Waals surface area (Å²) < 4.78 is 0. The van der Waals surface area contributed by atoms with Crippen LogP contribution in [0.2, 0.25) is 0 Å². The number of hydrazine groups is 1. The molecule has 5 nitrogen and oxygen atoms in total. The molecule has 84 valence electrons. The lowest BCUT2D eigenvalue weighted by Crippen LogP contribution is -2.10. The Hall–Kier alpha value is -1.66. The average molecular weight is 235 g/mol. The molecule has 0 saturated heterocycles. The second-order valence-electron chi connectivity index (χ2n) is 3.37. The fourth-order valence-corrected chi connectivity index (χ4v) is 2.14. The Morgan fingerprint density at radius 1 is 1.31 bits per heavy atom. The van der Waals surface area contributed by atoms with Gasteiger partial charge in [-0.2, -0.15) is 11.3 Å². The zero-order valence-corrected chi connectivity index (χ0v) is 9.71. The maximum Gasteiger partial charge on any atom is 0.145 e. The molecule has 0 unspecified atom stereocenters. The largest absolute Gasteiger partial charge is 0.366 e. The van der Waals surface area contributed by atoms with E-state index in [9.17, 15) is 0 Å². The van der Waals surface area contributed by atoms with Crippen molar-refractivity contribution in [2.75, 3.05) is 10.7 Å². The molecule has 6 heteroatoms. The third-order valence-electron chi connectivity index (χ3n) is 2.24. The molecule has 0 aliphatic rings. The first-order valence-corrected chi connectivity index (χ1v) is 5.78. The number of nitrogens with one attached hydrogen (secondary N) is 2. The minimum Gasteiger partial charge on any atom is -0.366 e. The van der Waals surface area contributed by atoms with Gasteiger partial charge in [-0.05, 0) is 28.8 Å². The van der Waals surface area contributed by atoms with Crippen LogP contribution in [0, 0.1) is 6.92 Å². The average Bonchev–Trinajstić information content (AvgIpc) is 2.72. The lowest BCUT2D eigenvalue weighted by Gasteiger charge is -2.06. The summed E-state index contributed by atoms with van der Waals surface area (Å²) in [5.41, 5.74) is 5.06. The Balaban J connectivity index is 2.02. The maximum absolute atomic E-state index is 5.27. The molecule has 0 aromatic carbocycles. The summed E-state index contributed by atoms with van der Waals surface area (Å²) in [6.45, 7) is 2.86. The standard InChI is InChI=1S/C10H13N5S/c1-7-4-16-5-8(7)3-12-9-2-10(15-11)14-6-13-9/h2,4-6H,3,11H2,1H3,(H2,12,13,14,15). The highest BCUT2D eigenvalue weighted by Gasteiger charge is 2.00. The van der Waals surface area contributed by atoms with Gasteiger partial charge in [0, 0.05) is 12.6 Å². The van der Waals surface area contributed by atoms with Crippen molar-refractivity contribution >= 4 is 23.0 Å². The molecule has 2 aromatic heterocycles. The number of aromatic nitrogens is 2. The summed E-state index contributed by atoms with van der Waals surface area (Å²) in [7, 11) is 0. The maximum atomic E-state index is 5.27. The van der Waals surface area contributed by atoms with Crippen LogP contribution in [0.1, 0.15) is 11.1 Å². The number of nitrogen functional groups attached to an aromatic ring is 1. The van der Waals surface area contributed by atoms with E-state index in [1.165, 1.54) is 17.5 Å². The van der Waals surface area contributed by atoms with Gasteiger partial charge in [0.15, 0.2) is 0 Å². The van der Waals surface area contributed by atoms with E-state index in [4.69, 9.17) is 5.84 Å². The predicted octanol–water partition coefficient (Wildman–Crippen LogP) is 1.74. The summed E-state index contributed by atoms with van der Waals surface area (Å²) >= 11 is 1.70. The number of anilines is 2. The van der Waals surface area contributed by atoms with Crippen LogP contribution in [0.4, 0.5) is 11.6 Å². The highest BCUT2D eigenvalue weighted by molar-refractivity contribution is 7.08. The van der Waals surface area contributed by atoms with Gasteiger partial charge >= 0.3 is 0 Å². The molecule has 2 heterocycles. The number of nitrogens with two attached hydrogens (primary N) is 1. The summed E-state index contributed by atoms with van der Waals surface area (Å²) in [5, 5.41) is 7.48. The smallest absolute Gasteiger partial charge is 0.145 e. The first-order valence-electron chi connectivity index (χ1n) is 4.84. The highest BCUT2D eigenvalue weighted by Crippen LogP contribution is 2.15. The number of hydrogen-bond acceptors (Lipinski definition) is 6. The van der Waals surface area contributed by atoms with Crippen LogP contribution in [0.3, 0.4) is 0 Å². The molecule has 0 aliphatic heterocycles. The Kier molecular flexibility index (Phi) is 3.33. The molecule has 0 atom stereocenters. The third kappa shape index (κ3) is 2.47. The van der Waals surface area contributed by atoms with Gasteiger partial charge in [-0.3, -0.25) is 0 Å². The van der Waals surface area contributed by atoms with Gasteiger partial charge in [0.2, 0.25) is 0 Å². The molecule has 16 heavy (non-hydrogen) atoms. The molecule has 2 rings (SSSR count). The normalized spacial score (nSPS) is 10.1. The van der Waals surface area contributed by atoms with Crippen LogP contribution >= 0.6 is 11.3 Å². The molecule has 4 N–H and O–H groups in total. The molecule has 0 bridgehead atoms. The zero-order chi connectivity index (χ0) is 11.4. The minimum atomic E-state index is 0.597. The quantitative estimate of drug-likeness (QED) is 0.556.